The maximum atomic E-state index is 11.6. The van der Waals surface area contributed by atoms with Crippen LogP contribution in [0, 0.1) is 0 Å². The van der Waals surface area contributed by atoms with Crippen LogP contribution in [-0.4, -0.2) is 30.0 Å². The molecule has 0 unspecified atom stereocenters. The monoisotopic (exact) mass is 329 g/mol. The van der Waals surface area contributed by atoms with Crippen LogP contribution in [0.5, 0.6) is 11.5 Å². The summed E-state index contributed by atoms with van der Waals surface area (Å²) in [4.78, 5) is 11.6. The van der Waals surface area contributed by atoms with Crippen LogP contribution >= 0.6 is 15.9 Å². The average molecular weight is 330 g/mol. The van der Waals surface area contributed by atoms with Gasteiger partial charge in [0.05, 0.1) is 17.5 Å². The SMILES string of the molecule is CCOc1ccccc1OCCNC(=O)C(C)(C)Br. The molecule has 1 amide bonds. The lowest BCUT2D eigenvalue weighted by Gasteiger charge is -2.16. The molecule has 0 radical (unpaired) electrons. The fraction of sp³-hybridized carbons (Fsp3) is 0.500. The highest BCUT2D eigenvalue weighted by atomic mass is 79.9. The number of alkyl halides is 1. The van der Waals surface area contributed by atoms with Crippen LogP contribution in [-0.2, 0) is 4.79 Å². The van der Waals surface area contributed by atoms with E-state index in [1.807, 2.05) is 31.2 Å². The molecule has 0 aromatic heterocycles. The molecule has 0 heterocycles. The fourth-order valence-electron chi connectivity index (χ4n) is 1.38. The molecule has 0 aliphatic heterocycles. The van der Waals surface area contributed by atoms with E-state index < -0.39 is 4.32 Å². The quantitative estimate of drug-likeness (QED) is 0.618. The van der Waals surface area contributed by atoms with Gasteiger partial charge in [0.15, 0.2) is 11.5 Å². The van der Waals surface area contributed by atoms with Gasteiger partial charge in [-0.3, -0.25) is 4.79 Å². The van der Waals surface area contributed by atoms with E-state index in [-0.39, 0.29) is 5.91 Å². The number of ether oxygens (including phenoxy) is 2. The Morgan fingerprint density at radius 2 is 1.84 bits per heavy atom. The summed E-state index contributed by atoms with van der Waals surface area (Å²) in [7, 11) is 0. The summed E-state index contributed by atoms with van der Waals surface area (Å²) in [6.45, 7) is 6.97. The molecule has 106 valence electrons. The molecule has 0 spiro atoms. The number of halogens is 1. The Kier molecular flexibility index (Phi) is 6.15. The smallest absolute Gasteiger partial charge is 0.236 e. The zero-order valence-corrected chi connectivity index (χ0v) is 13.1. The van der Waals surface area contributed by atoms with Crippen molar-refractivity contribution >= 4 is 21.8 Å². The number of para-hydroxylation sites is 2. The molecule has 0 saturated heterocycles. The summed E-state index contributed by atoms with van der Waals surface area (Å²) in [6, 6.07) is 7.49. The summed E-state index contributed by atoms with van der Waals surface area (Å²) in [5.74, 6) is 1.35. The number of hydrogen-bond donors (Lipinski definition) is 1. The number of rotatable bonds is 7. The van der Waals surface area contributed by atoms with E-state index in [0.29, 0.717) is 25.5 Å². The zero-order valence-electron chi connectivity index (χ0n) is 11.5. The third-order valence-corrected chi connectivity index (χ3v) is 2.69. The van der Waals surface area contributed by atoms with Gasteiger partial charge in [-0.25, -0.2) is 0 Å². The largest absolute Gasteiger partial charge is 0.490 e. The van der Waals surface area contributed by atoms with Crippen molar-refractivity contribution in [2.45, 2.75) is 25.1 Å². The Balaban J connectivity index is 2.39. The van der Waals surface area contributed by atoms with E-state index in [9.17, 15) is 4.79 Å². The summed E-state index contributed by atoms with van der Waals surface area (Å²) in [5.41, 5.74) is 0. The van der Waals surface area contributed by atoms with E-state index in [4.69, 9.17) is 9.47 Å². The topological polar surface area (TPSA) is 47.6 Å². The molecule has 4 nitrogen and oxygen atoms in total. The second-order valence-corrected chi connectivity index (χ2v) is 6.44. The van der Waals surface area contributed by atoms with E-state index in [2.05, 4.69) is 21.2 Å². The van der Waals surface area contributed by atoms with Crippen LogP contribution in [0.25, 0.3) is 0 Å². The average Bonchev–Trinajstić information content (AvgIpc) is 2.35. The van der Waals surface area contributed by atoms with Crippen molar-refractivity contribution in [2.24, 2.45) is 0 Å². The summed E-state index contributed by atoms with van der Waals surface area (Å²) < 4.78 is 10.5. The molecular weight excluding hydrogens is 310 g/mol. The number of amides is 1. The minimum atomic E-state index is -0.559. The van der Waals surface area contributed by atoms with Crippen LogP contribution < -0.4 is 14.8 Å². The van der Waals surface area contributed by atoms with Crippen molar-refractivity contribution in [3.63, 3.8) is 0 Å². The van der Waals surface area contributed by atoms with Gasteiger partial charge < -0.3 is 14.8 Å². The van der Waals surface area contributed by atoms with Crippen molar-refractivity contribution in [1.29, 1.82) is 0 Å². The van der Waals surface area contributed by atoms with Gasteiger partial charge in [-0.15, -0.1) is 0 Å². The van der Waals surface area contributed by atoms with Gasteiger partial charge in [0.2, 0.25) is 5.91 Å². The fourth-order valence-corrected chi connectivity index (χ4v) is 1.52. The standard InChI is InChI=1S/C14H20BrNO3/c1-4-18-11-7-5-6-8-12(11)19-10-9-16-13(17)14(2,3)15/h5-8H,4,9-10H2,1-3H3,(H,16,17). The third-order valence-electron chi connectivity index (χ3n) is 2.33. The van der Waals surface area contributed by atoms with Gasteiger partial charge in [-0.05, 0) is 32.9 Å². The Morgan fingerprint density at radius 3 is 2.37 bits per heavy atom. The predicted molar refractivity (Wildman–Crippen MR) is 79.1 cm³/mol. The summed E-state index contributed by atoms with van der Waals surface area (Å²) >= 11 is 3.30. The predicted octanol–water partition coefficient (Wildman–Crippen LogP) is 2.75. The van der Waals surface area contributed by atoms with E-state index in [1.54, 1.807) is 13.8 Å². The first-order valence-electron chi connectivity index (χ1n) is 6.27. The number of hydrogen-bond acceptors (Lipinski definition) is 3. The molecule has 1 rings (SSSR count). The van der Waals surface area contributed by atoms with Crippen LogP contribution in [0.3, 0.4) is 0 Å². The molecule has 1 aromatic rings. The first-order chi connectivity index (χ1) is 8.95. The van der Waals surface area contributed by atoms with Crippen molar-refractivity contribution in [3.8, 4) is 11.5 Å². The molecule has 1 aromatic carbocycles. The van der Waals surface area contributed by atoms with Crippen molar-refractivity contribution in [1.82, 2.24) is 5.32 Å². The molecule has 19 heavy (non-hydrogen) atoms. The lowest BCUT2D eigenvalue weighted by molar-refractivity contribution is -0.122. The second kappa shape index (κ2) is 7.38. The Morgan fingerprint density at radius 1 is 1.26 bits per heavy atom. The molecule has 0 saturated carbocycles. The van der Waals surface area contributed by atoms with Crippen molar-refractivity contribution in [2.75, 3.05) is 19.8 Å². The van der Waals surface area contributed by atoms with Gasteiger partial charge in [0.1, 0.15) is 6.61 Å². The lowest BCUT2D eigenvalue weighted by Crippen LogP contribution is -2.39. The lowest BCUT2D eigenvalue weighted by atomic mass is 10.2. The second-order valence-electron chi connectivity index (χ2n) is 4.46. The molecule has 0 aliphatic carbocycles. The van der Waals surface area contributed by atoms with Crippen LogP contribution in [0.2, 0.25) is 0 Å². The first kappa shape index (κ1) is 15.8. The molecule has 5 heteroatoms. The highest BCUT2D eigenvalue weighted by molar-refractivity contribution is 9.10. The molecule has 0 bridgehead atoms. The highest BCUT2D eigenvalue weighted by Gasteiger charge is 2.22. The summed E-state index contributed by atoms with van der Waals surface area (Å²) in [6.07, 6.45) is 0. The van der Waals surface area contributed by atoms with Gasteiger partial charge in [0, 0.05) is 0 Å². The van der Waals surface area contributed by atoms with Gasteiger partial charge in [-0.2, -0.15) is 0 Å². The van der Waals surface area contributed by atoms with E-state index in [0.717, 1.165) is 5.75 Å². The molecule has 1 N–H and O–H groups in total. The van der Waals surface area contributed by atoms with Crippen LogP contribution in [0.1, 0.15) is 20.8 Å². The normalized spacial score (nSPS) is 10.9. The molecule has 0 fully saturated rings. The maximum Gasteiger partial charge on any atom is 0.236 e. The number of carbonyl (C=O) groups is 1. The van der Waals surface area contributed by atoms with E-state index >= 15 is 0 Å². The van der Waals surface area contributed by atoms with Crippen molar-refractivity contribution < 1.29 is 14.3 Å². The zero-order chi connectivity index (χ0) is 14.3. The Bertz CT molecular complexity index is 415. The maximum absolute atomic E-state index is 11.6. The van der Waals surface area contributed by atoms with Gasteiger partial charge >= 0.3 is 0 Å². The molecule has 0 aliphatic rings. The first-order valence-corrected chi connectivity index (χ1v) is 7.06. The number of nitrogens with one attached hydrogen (secondary N) is 1. The molecular formula is C14H20BrNO3. The Hall–Kier alpha value is -1.23. The van der Waals surface area contributed by atoms with Gasteiger partial charge in [0.25, 0.3) is 0 Å². The van der Waals surface area contributed by atoms with E-state index in [1.165, 1.54) is 0 Å². The molecule has 0 atom stereocenters. The number of benzene rings is 1. The minimum absolute atomic E-state index is 0.0609. The van der Waals surface area contributed by atoms with Crippen molar-refractivity contribution in [3.05, 3.63) is 24.3 Å². The summed E-state index contributed by atoms with van der Waals surface area (Å²) in [5, 5.41) is 2.79. The van der Waals surface area contributed by atoms with Crippen LogP contribution in [0.4, 0.5) is 0 Å². The highest BCUT2D eigenvalue weighted by Crippen LogP contribution is 2.26. The van der Waals surface area contributed by atoms with Crippen LogP contribution in [0.15, 0.2) is 24.3 Å². The van der Waals surface area contributed by atoms with Gasteiger partial charge in [-0.1, -0.05) is 28.1 Å². The number of carbonyl (C=O) groups excluding carboxylic acids is 1. The Labute approximate surface area is 122 Å². The third kappa shape index (κ3) is 5.51. The minimum Gasteiger partial charge on any atom is -0.490 e.